The van der Waals surface area contributed by atoms with Gasteiger partial charge in [-0.25, -0.2) is 0 Å². The number of likely N-dealkylation sites (tertiary alicyclic amines) is 1. The smallest absolute Gasteiger partial charge is 0.228 e. The molecule has 0 radical (unpaired) electrons. The molecule has 0 spiro atoms. The van der Waals surface area contributed by atoms with Gasteiger partial charge < -0.3 is 10.2 Å². The number of carbonyl (C=O) groups is 1. The number of carbonyl (C=O) groups excluding carboxylic acids is 1. The van der Waals surface area contributed by atoms with E-state index < -0.39 is 0 Å². The summed E-state index contributed by atoms with van der Waals surface area (Å²) < 4.78 is 0. The van der Waals surface area contributed by atoms with E-state index in [0.29, 0.717) is 5.92 Å². The molecule has 0 saturated carbocycles. The minimum absolute atomic E-state index is 0.0636. The predicted molar refractivity (Wildman–Crippen MR) is 110 cm³/mol. The van der Waals surface area contributed by atoms with Gasteiger partial charge in [-0.05, 0) is 36.5 Å². The number of fused-ring (bicyclic) bond motifs is 1. The Morgan fingerprint density at radius 3 is 2.52 bits per heavy atom. The highest BCUT2D eigenvalue weighted by atomic mass is 16.1. The van der Waals surface area contributed by atoms with Crippen molar-refractivity contribution in [3.63, 3.8) is 0 Å². The van der Waals surface area contributed by atoms with Crippen LogP contribution in [0.5, 0.6) is 0 Å². The van der Waals surface area contributed by atoms with E-state index in [1.807, 2.05) is 36.4 Å². The summed E-state index contributed by atoms with van der Waals surface area (Å²) in [5, 5.41) is 3.10. The van der Waals surface area contributed by atoms with Gasteiger partial charge in [0, 0.05) is 30.4 Å². The van der Waals surface area contributed by atoms with Gasteiger partial charge >= 0.3 is 0 Å². The van der Waals surface area contributed by atoms with Crippen molar-refractivity contribution >= 4 is 11.6 Å². The maximum absolute atomic E-state index is 13.0. The van der Waals surface area contributed by atoms with Crippen LogP contribution in [0.15, 0.2) is 85.1 Å². The number of hydrogen-bond acceptors (Lipinski definition) is 2. The normalized spacial score (nSPS) is 24.4. The van der Waals surface area contributed by atoms with E-state index >= 15 is 0 Å². The second-order valence-electron chi connectivity index (χ2n) is 7.50. The van der Waals surface area contributed by atoms with Crippen LogP contribution in [0.2, 0.25) is 0 Å². The number of amides is 1. The summed E-state index contributed by atoms with van der Waals surface area (Å²) in [6, 6.07) is 20.2. The predicted octanol–water partition coefficient (Wildman–Crippen LogP) is 4.85. The number of nitrogens with one attached hydrogen (secondary N) is 1. The number of para-hydroxylation sites is 1. The van der Waals surface area contributed by atoms with Gasteiger partial charge in [0.05, 0.1) is 5.92 Å². The Morgan fingerprint density at radius 2 is 1.78 bits per heavy atom. The third-order valence-corrected chi connectivity index (χ3v) is 5.79. The van der Waals surface area contributed by atoms with Crippen molar-refractivity contribution in [2.45, 2.75) is 19.4 Å². The molecule has 1 saturated heterocycles. The fourth-order valence-electron chi connectivity index (χ4n) is 4.39. The van der Waals surface area contributed by atoms with E-state index in [9.17, 15) is 4.79 Å². The molecule has 1 amide bonds. The summed E-state index contributed by atoms with van der Waals surface area (Å²) in [7, 11) is 0. The molecule has 0 bridgehead atoms. The molecule has 2 aromatic carbocycles. The highest BCUT2D eigenvalue weighted by Gasteiger charge is 2.41. The van der Waals surface area contributed by atoms with E-state index in [4.69, 9.17) is 0 Å². The van der Waals surface area contributed by atoms with Crippen LogP contribution in [0.3, 0.4) is 0 Å². The first-order chi connectivity index (χ1) is 13.2. The Balaban J connectivity index is 1.51. The number of piperidine rings is 1. The van der Waals surface area contributed by atoms with Crippen LogP contribution in [0, 0.1) is 17.8 Å². The van der Waals surface area contributed by atoms with Crippen molar-refractivity contribution in [1.29, 1.82) is 0 Å². The summed E-state index contributed by atoms with van der Waals surface area (Å²) in [4.78, 5) is 15.4. The lowest BCUT2D eigenvalue weighted by Gasteiger charge is -2.45. The standard InChI is InChI=1S/C24H26N2O/c1-18-23-20(15-16-26(18)17-19-9-4-2-5-10-19)11-8-14-22(23)24(27)25-21-12-6-3-7-13-21/h2-13,20,22-23H,1,14-17H2,(H,25,27)/t20?,22-,23?/m0/s1. The summed E-state index contributed by atoms with van der Waals surface area (Å²) in [6.45, 7) is 6.28. The van der Waals surface area contributed by atoms with Crippen LogP contribution < -0.4 is 5.32 Å². The van der Waals surface area contributed by atoms with Gasteiger partial charge in [-0.15, -0.1) is 0 Å². The Labute approximate surface area is 161 Å². The Bertz CT molecular complexity index is 828. The van der Waals surface area contributed by atoms with Crippen LogP contribution in [-0.2, 0) is 11.3 Å². The second kappa shape index (κ2) is 7.83. The topological polar surface area (TPSA) is 32.3 Å². The van der Waals surface area contributed by atoms with Crippen LogP contribution in [0.4, 0.5) is 5.69 Å². The average Bonchev–Trinajstić information content (AvgIpc) is 2.71. The maximum atomic E-state index is 13.0. The van der Waals surface area contributed by atoms with Crippen LogP contribution in [-0.4, -0.2) is 17.4 Å². The molecule has 1 N–H and O–H groups in total. The van der Waals surface area contributed by atoms with Crippen molar-refractivity contribution in [2.75, 3.05) is 11.9 Å². The molecule has 27 heavy (non-hydrogen) atoms. The van der Waals surface area contributed by atoms with Gasteiger partial charge in [0.1, 0.15) is 0 Å². The van der Waals surface area contributed by atoms with Crippen LogP contribution >= 0.6 is 0 Å². The summed E-state index contributed by atoms with van der Waals surface area (Å²) in [5.74, 6) is 0.621. The molecule has 2 unspecified atom stereocenters. The summed E-state index contributed by atoms with van der Waals surface area (Å²) in [5.41, 5.74) is 3.25. The quantitative estimate of drug-likeness (QED) is 0.792. The highest BCUT2D eigenvalue weighted by molar-refractivity contribution is 5.93. The molecule has 1 aliphatic heterocycles. The zero-order valence-corrected chi connectivity index (χ0v) is 15.6. The minimum atomic E-state index is -0.0636. The van der Waals surface area contributed by atoms with E-state index in [-0.39, 0.29) is 17.7 Å². The molecule has 3 heteroatoms. The highest BCUT2D eigenvalue weighted by Crippen LogP contribution is 2.42. The fraction of sp³-hybridized carbons (Fsp3) is 0.292. The Hall–Kier alpha value is -2.81. The molecule has 0 aromatic heterocycles. The first kappa shape index (κ1) is 17.6. The molecule has 1 fully saturated rings. The second-order valence-corrected chi connectivity index (χ2v) is 7.50. The number of benzene rings is 2. The lowest BCUT2D eigenvalue weighted by atomic mass is 9.70. The first-order valence-electron chi connectivity index (χ1n) is 9.72. The number of rotatable bonds is 4. The van der Waals surface area contributed by atoms with Gasteiger partial charge in [0.15, 0.2) is 0 Å². The first-order valence-corrected chi connectivity index (χ1v) is 9.72. The van der Waals surface area contributed by atoms with Gasteiger partial charge in [-0.1, -0.05) is 67.3 Å². The molecule has 1 aliphatic carbocycles. The van der Waals surface area contributed by atoms with Gasteiger partial charge in [-0.2, -0.15) is 0 Å². The maximum Gasteiger partial charge on any atom is 0.228 e. The van der Waals surface area contributed by atoms with Crippen LogP contribution in [0.1, 0.15) is 18.4 Å². The Kier molecular flexibility index (Phi) is 5.10. The molecule has 1 heterocycles. The average molecular weight is 358 g/mol. The molecule has 3 atom stereocenters. The molecule has 138 valence electrons. The third kappa shape index (κ3) is 3.82. The summed E-state index contributed by atoms with van der Waals surface area (Å²) >= 11 is 0. The lowest BCUT2D eigenvalue weighted by molar-refractivity contribution is -0.122. The van der Waals surface area contributed by atoms with Gasteiger partial charge in [0.2, 0.25) is 5.91 Å². The third-order valence-electron chi connectivity index (χ3n) is 5.79. The number of hydrogen-bond donors (Lipinski definition) is 1. The zero-order valence-electron chi connectivity index (χ0n) is 15.6. The largest absolute Gasteiger partial charge is 0.371 e. The SMILES string of the molecule is C=C1C2C(C=CC[C@@H]2C(=O)Nc2ccccc2)CCN1Cc1ccccc1. The van der Waals surface area contributed by atoms with Crippen molar-refractivity contribution < 1.29 is 4.79 Å². The molecule has 2 aromatic rings. The van der Waals surface area contributed by atoms with Gasteiger partial charge in [-0.3, -0.25) is 4.79 Å². The number of anilines is 1. The van der Waals surface area contributed by atoms with Crippen LogP contribution in [0.25, 0.3) is 0 Å². The minimum Gasteiger partial charge on any atom is -0.371 e. The monoisotopic (exact) mass is 358 g/mol. The lowest BCUT2D eigenvalue weighted by Crippen LogP contribution is -2.44. The number of nitrogens with zero attached hydrogens (tertiary/aromatic N) is 1. The molecule has 4 rings (SSSR count). The number of allylic oxidation sites excluding steroid dienone is 3. The van der Waals surface area contributed by atoms with E-state index in [0.717, 1.165) is 37.3 Å². The van der Waals surface area contributed by atoms with Crippen molar-refractivity contribution in [2.24, 2.45) is 17.8 Å². The molecule has 2 aliphatic rings. The molecular formula is C24H26N2O. The fourth-order valence-corrected chi connectivity index (χ4v) is 4.39. The van der Waals surface area contributed by atoms with Crippen molar-refractivity contribution in [3.8, 4) is 0 Å². The molecule has 3 nitrogen and oxygen atoms in total. The van der Waals surface area contributed by atoms with Crippen molar-refractivity contribution in [3.05, 3.63) is 90.7 Å². The summed E-state index contributed by atoms with van der Waals surface area (Å²) in [6.07, 6.45) is 6.32. The van der Waals surface area contributed by atoms with Crippen molar-refractivity contribution in [1.82, 2.24) is 4.90 Å². The zero-order chi connectivity index (χ0) is 18.6. The Morgan fingerprint density at radius 1 is 1.07 bits per heavy atom. The molecular weight excluding hydrogens is 332 g/mol. The van der Waals surface area contributed by atoms with E-state index in [1.165, 1.54) is 5.56 Å². The van der Waals surface area contributed by atoms with Gasteiger partial charge in [0.25, 0.3) is 0 Å². The van der Waals surface area contributed by atoms with E-state index in [1.54, 1.807) is 0 Å². The van der Waals surface area contributed by atoms with E-state index in [2.05, 4.69) is 53.2 Å².